The van der Waals surface area contributed by atoms with Crippen LogP contribution in [0, 0.1) is 5.82 Å². The number of hydrogen-bond donors (Lipinski definition) is 1. The summed E-state index contributed by atoms with van der Waals surface area (Å²) in [5.41, 5.74) is -0.214. The van der Waals surface area contributed by atoms with E-state index < -0.39 is 11.4 Å². The van der Waals surface area contributed by atoms with Crippen molar-refractivity contribution in [1.29, 1.82) is 0 Å². The van der Waals surface area contributed by atoms with Crippen LogP contribution in [0.5, 0.6) is 0 Å². The molecule has 1 N–H and O–H groups in total. The van der Waals surface area contributed by atoms with Crippen LogP contribution >= 0.6 is 0 Å². The number of aromatic nitrogens is 2. The van der Waals surface area contributed by atoms with Crippen molar-refractivity contribution in [2.75, 3.05) is 0 Å². The highest BCUT2D eigenvalue weighted by atomic mass is 19.1. The predicted octanol–water partition coefficient (Wildman–Crippen LogP) is 0.875. The zero-order valence-corrected chi connectivity index (χ0v) is 6.95. The zero-order valence-electron chi connectivity index (χ0n) is 6.95. The van der Waals surface area contributed by atoms with Gasteiger partial charge in [0, 0.05) is 0 Å². The molecule has 0 saturated carbocycles. The highest BCUT2D eigenvalue weighted by Crippen LogP contribution is 2.08. The standard InChI is InChI=1S/C9H5FN2O2/c10-5-1-2-7-6(3-5)9(14)12-8(4-13)11-7/h1-4H,(H,11,12,14). The van der Waals surface area contributed by atoms with E-state index in [0.29, 0.717) is 11.8 Å². The summed E-state index contributed by atoms with van der Waals surface area (Å²) in [6.07, 6.45) is 0.435. The molecule has 0 atom stereocenters. The van der Waals surface area contributed by atoms with Crippen LogP contribution in [0.25, 0.3) is 10.9 Å². The minimum absolute atomic E-state index is 0.0610. The molecule has 14 heavy (non-hydrogen) atoms. The molecule has 1 aromatic carbocycles. The fourth-order valence-electron chi connectivity index (χ4n) is 1.18. The summed E-state index contributed by atoms with van der Waals surface area (Å²) in [6, 6.07) is 3.62. The number of aldehydes is 1. The van der Waals surface area contributed by atoms with Crippen molar-refractivity contribution in [1.82, 2.24) is 9.97 Å². The van der Waals surface area contributed by atoms with Gasteiger partial charge in [-0.3, -0.25) is 9.59 Å². The maximum absolute atomic E-state index is 12.7. The summed E-state index contributed by atoms with van der Waals surface area (Å²) in [5, 5.41) is 0.135. The maximum atomic E-state index is 12.7. The molecular formula is C9H5FN2O2. The van der Waals surface area contributed by atoms with E-state index in [-0.39, 0.29) is 11.2 Å². The average molecular weight is 192 g/mol. The summed E-state index contributed by atoms with van der Waals surface area (Å²) < 4.78 is 12.7. The number of carbonyl (C=O) groups excluding carboxylic acids is 1. The lowest BCUT2D eigenvalue weighted by Crippen LogP contribution is -2.11. The number of halogens is 1. The molecule has 5 heteroatoms. The van der Waals surface area contributed by atoms with Gasteiger partial charge in [-0.1, -0.05) is 0 Å². The molecule has 2 aromatic rings. The van der Waals surface area contributed by atoms with Gasteiger partial charge in [0.05, 0.1) is 10.9 Å². The molecule has 70 valence electrons. The van der Waals surface area contributed by atoms with Crippen molar-refractivity contribution in [2.45, 2.75) is 0 Å². The Morgan fingerprint density at radius 3 is 2.93 bits per heavy atom. The van der Waals surface area contributed by atoms with E-state index in [0.717, 1.165) is 6.07 Å². The molecule has 2 rings (SSSR count). The van der Waals surface area contributed by atoms with Crippen molar-refractivity contribution >= 4 is 17.2 Å². The van der Waals surface area contributed by atoms with Gasteiger partial charge in [0.15, 0.2) is 12.1 Å². The summed E-state index contributed by atoms with van der Waals surface area (Å²) in [7, 11) is 0. The van der Waals surface area contributed by atoms with Crippen molar-refractivity contribution < 1.29 is 9.18 Å². The largest absolute Gasteiger partial charge is 0.304 e. The third-order valence-corrected chi connectivity index (χ3v) is 1.80. The van der Waals surface area contributed by atoms with Crippen molar-refractivity contribution in [3.05, 3.63) is 40.2 Å². The molecule has 0 bridgehead atoms. The first kappa shape index (κ1) is 8.55. The maximum Gasteiger partial charge on any atom is 0.259 e. The van der Waals surface area contributed by atoms with E-state index in [2.05, 4.69) is 9.97 Å². The van der Waals surface area contributed by atoms with Crippen molar-refractivity contribution in [3.63, 3.8) is 0 Å². The molecule has 0 spiro atoms. The van der Waals surface area contributed by atoms with Crippen LogP contribution in [-0.4, -0.2) is 16.3 Å². The number of nitrogens with zero attached hydrogens (tertiary/aromatic N) is 1. The first-order chi connectivity index (χ1) is 6.70. The molecule has 0 aliphatic rings. The van der Waals surface area contributed by atoms with Gasteiger partial charge in [0.1, 0.15) is 5.82 Å². The average Bonchev–Trinajstić information content (AvgIpc) is 2.19. The molecule has 0 saturated heterocycles. The molecular weight excluding hydrogens is 187 g/mol. The van der Waals surface area contributed by atoms with Gasteiger partial charge in [-0.2, -0.15) is 0 Å². The summed E-state index contributed by atoms with van der Waals surface area (Å²) in [6.45, 7) is 0. The number of nitrogens with one attached hydrogen (secondary N) is 1. The van der Waals surface area contributed by atoms with Gasteiger partial charge in [0.25, 0.3) is 5.56 Å². The van der Waals surface area contributed by atoms with E-state index >= 15 is 0 Å². The molecule has 0 aliphatic carbocycles. The first-order valence-corrected chi connectivity index (χ1v) is 3.85. The number of carbonyl (C=O) groups is 1. The molecule has 0 amide bonds. The van der Waals surface area contributed by atoms with Gasteiger partial charge in [-0.25, -0.2) is 9.37 Å². The number of rotatable bonds is 1. The number of benzene rings is 1. The normalized spacial score (nSPS) is 10.4. The predicted molar refractivity (Wildman–Crippen MR) is 47.7 cm³/mol. The van der Waals surface area contributed by atoms with Gasteiger partial charge >= 0.3 is 0 Å². The van der Waals surface area contributed by atoms with Gasteiger partial charge in [0.2, 0.25) is 0 Å². The Bertz CT molecular complexity index is 562. The quantitative estimate of drug-likeness (QED) is 0.682. The van der Waals surface area contributed by atoms with Crippen LogP contribution in [0.3, 0.4) is 0 Å². The Morgan fingerprint density at radius 2 is 2.21 bits per heavy atom. The number of H-pyrrole nitrogens is 1. The number of fused-ring (bicyclic) bond motifs is 1. The Morgan fingerprint density at radius 1 is 1.43 bits per heavy atom. The Labute approximate surface area is 77.4 Å². The van der Waals surface area contributed by atoms with Crippen LogP contribution in [0.4, 0.5) is 4.39 Å². The van der Waals surface area contributed by atoms with E-state index in [4.69, 9.17) is 0 Å². The molecule has 1 aromatic heterocycles. The molecule has 0 fully saturated rings. The van der Waals surface area contributed by atoms with Crippen LogP contribution in [0.1, 0.15) is 10.6 Å². The highest BCUT2D eigenvalue weighted by Gasteiger charge is 2.03. The van der Waals surface area contributed by atoms with Crippen LogP contribution in [0.2, 0.25) is 0 Å². The molecule has 4 nitrogen and oxygen atoms in total. The third-order valence-electron chi connectivity index (χ3n) is 1.80. The first-order valence-electron chi connectivity index (χ1n) is 3.85. The monoisotopic (exact) mass is 192 g/mol. The van der Waals surface area contributed by atoms with Crippen molar-refractivity contribution in [2.24, 2.45) is 0 Å². The summed E-state index contributed by atoms with van der Waals surface area (Å²) >= 11 is 0. The topological polar surface area (TPSA) is 62.8 Å². The molecule has 0 radical (unpaired) electrons. The summed E-state index contributed by atoms with van der Waals surface area (Å²) in [5.74, 6) is -0.572. The lowest BCUT2D eigenvalue weighted by atomic mass is 10.2. The fraction of sp³-hybridized carbons (Fsp3) is 0. The summed E-state index contributed by atoms with van der Waals surface area (Å²) in [4.78, 5) is 27.7. The van der Waals surface area contributed by atoms with Crippen molar-refractivity contribution in [3.8, 4) is 0 Å². The van der Waals surface area contributed by atoms with E-state index in [1.807, 2.05) is 0 Å². The van der Waals surface area contributed by atoms with E-state index in [9.17, 15) is 14.0 Å². The second kappa shape index (κ2) is 3.02. The minimum Gasteiger partial charge on any atom is -0.304 e. The lowest BCUT2D eigenvalue weighted by molar-refractivity contribution is 0.111. The SMILES string of the molecule is O=Cc1nc2ccc(F)cc2c(=O)[nH]1. The minimum atomic E-state index is -0.517. The zero-order chi connectivity index (χ0) is 10.1. The van der Waals surface area contributed by atoms with E-state index in [1.54, 1.807) is 0 Å². The van der Waals surface area contributed by atoms with Crippen LogP contribution in [-0.2, 0) is 0 Å². The Hall–Kier alpha value is -2.04. The van der Waals surface area contributed by atoms with Gasteiger partial charge in [-0.15, -0.1) is 0 Å². The van der Waals surface area contributed by atoms with Crippen LogP contribution < -0.4 is 5.56 Å². The van der Waals surface area contributed by atoms with Gasteiger partial charge < -0.3 is 4.98 Å². The number of hydrogen-bond acceptors (Lipinski definition) is 3. The molecule has 1 heterocycles. The lowest BCUT2D eigenvalue weighted by Gasteiger charge is -1.96. The second-order valence-electron chi connectivity index (χ2n) is 2.73. The Kier molecular flexibility index (Phi) is 1.85. The van der Waals surface area contributed by atoms with Gasteiger partial charge in [-0.05, 0) is 18.2 Å². The smallest absolute Gasteiger partial charge is 0.259 e. The molecule has 0 unspecified atom stereocenters. The van der Waals surface area contributed by atoms with Crippen LogP contribution in [0.15, 0.2) is 23.0 Å². The second-order valence-corrected chi connectivity index (χ2v) is 2.73. The van der Waals surface area contributed by atoms with E-state index in [1.165, 1.54) is 12.1 Å². The highest BCUT2D eigenvalue weighted by molar-refractivity contribution is 5.80. The molecule has 0 aliphatic heterocycles. The third kappa shape index (κ3) is 1.28. The Balaban J connectivity index is 2.90. The number of aromatic amines is 1. The fourth-order valence-corrected chi connectivity index (χ4v) is 1.18.